The van der Waals surface area contributed by atoms with Crippen LogP contribution in [0, 0.1) is 0 Å². The monoisotopic (exact) mass is 250 g/mol. The number of pyridine rings is 1. The van der Waals surface area contributed by atoms with E-state index in [4.69, 9.17) is 4.74 Å². The Kier molecular flexibility index (Phi) is 4.28. The highest BCUT2D eigenvalue weighted by Crippen LogP contribution is 2.24. The number of hydrogen-bond acceptors (Lipinski definition) is 5. The van der Waals surface area contributed by atoms with E-state index in [9.17, 15) is 4.79 Å². The second kappa shape index (κ2) is 5.93. The maximum Gasteiger partial charge on any atom is 0.356 e. The molecule has 1 aliphatic rings. The fourth-order valence-corrected chi connectivity index (χ4v) is 2.19. The van der Waals surface area contributed by atoms with Gasteiger partial charge in [0.25, 0.3) is 0 Å². The molecule has 2 atom stereocenters. The van der Waals surface area contributed by atoms with E-state index in [0.29, 0.717) is 5.69 Å². The molecule has 1 fully saturated rings. The predicted octanol–water partition coefficient (Wildman–Crippen LogP) is 1.31. The lowest BCUT2D eigenvalue weighted by molar-refractivity contribution is 0.0590. The Hall–Kier alpha value is -1.46. The standard InChI is InChI=1S/C13H18N2O3/c1-17-10-5-6-14-12(7-10)9-3-4-11(15-8-9)13(16)18-2/h3-4,8,10,12,14H,5-7H2,1-2H3. The van der Waals surface area contributed by atoms with E-state index in [1.807, 2.05) is 6.07 Å². The number of esters is 1. The Balaban J connectivity index is 2.07. The van der Waals surface area contributed by atoms with Crippen LogP contribution in [0.3, 0.4) is 0 Å². The first kappa shape index (κ1) is 13.0. The van der Waals surface area contributed by atoms with Crippen LogP contribution in [-0.2, 0) is 9.47 Å². The topological polar surface area (TPSA) is 60.5 Å². The molecule has 0 radical (unpaired) electrons. The third-order valence-corrected chi connectivity index (χ3v) is 3.27. The van der Waals surface area contributed by atoms with Gasteiger partial charge in [-0.15, -0.1) is 0 Å². The van der Waals surface area contributed by atoms with Crippen LogP contribution >= 0.6 is 0 Å². The van der Waals surface area contributed by atoms with E-state index in [-0.39, 0.29) is 12.1 Å². The van der Waals surface area contributed by atoms with Gasteiger partial charge in [0.1, 0.15) is 5.69 Å². The summed E-state index contributed by atoms with van der Waals surface area (Å²) in [6.07, 6.45) is 3.97. The Morgan fingerprint density at radius 3 is 2.89 bits per heavy atom. The van der Waals surface area contributed by atoms with Crippen molar-refractivity contribution >= 4 is 5.97 Å². The minimum Gasteiger partial charge on any atom is -0.464 e. The molecule has 1 N–H and O–H groups in total. The van der Waals surface area contributed by atoms with Crippen LogP contribution in [0.25, 0.3) is 0 Å². The minimum absolute atomic E-state index is 0.239. The molecule has 0 aliphatic carbocycles. The van der Waals surface area contributed by atoms with E-state index in [0.717, 1.165) is 24.9 Å². The van der Waals surface area contributed by atoms with Crippen LogP contribution in [0.15, 0.2) is 18.3 Å². The van der Waals surface area contributed by atoms with Gasteiger partial charge in [0, 0.05) is 19.3 Å². The number of rotatable bonds is 3. The van der Waals surface area contributed by atoms with Crippen LogP contribution in [0.2, 0.25) is 0 Å². The van der Waals surface area contributed by atoms with Gasteiger partial charge < -0.3 is 14.8 Å². The highest BCUT2D eigenvalue weighted by Gasteiger charge is 2.22. The van der Waals surface area contributed by atoms with Crippen LogP contribution in [0.4, 0.5) is 0 Å². The van der Waals surface area contributed by atoms with Crippen LogP contribution in [-0.4, -0.2) is 37.8 Å². The lowest BCUT2D eigenvalue weighted by Crippen LogP contribution is -2.35. The molecule has 5 nitrogen and oxygen atoms in total. The Bertz CT molecular complexity index is 405. The van der Waals surface area contributed by atoms with Gasteiger partial charge in [-0.1, -0.05) is 6.07 Å². The Labute approximate surface area is 107 Å². The number of methoxy groups -OCH3 is 2. The van der Waals surface area contributed by atoms with E-state index < -0.39 is 5.97 Å². The average Bonchev–Trinajstić information content (AvgIpc) is 2.46. The van der Waals surface area contributed by atoms with Gasteiger partial charge in [-0.25, -0.2) is 9.78 Å². The smallest absolute Gasteiger partial charge is 0.356 e. The largest absolute Gasteiger partial charge is 0.464 e. The fraction of sp³-hybridized carbons (Fsp3) is 0.538. The molecule has 0 amide bonds. The predicted molar refractivity (Wildman–Crippen MR) is 66.4 cm³/mol. The molecule has 2 unspecified atom stereocenters. The summed E-state index contributed by atoms with van der Waals surface area (Å²) in [5.41, 5.74) is 1.41. The summed E-state index contributed by atoms with van der Waals surface area (Å²) in [5.74, 6) is -0.409. The molecule has 0 spiro atoms. The number of nitrogens with one attached hydrogen (secondary N) is 1. The number of carbonyl (C=O) groups is 1. The molecule has 0 aromatic carbocycles. The molecule has 2 heterocycles. The molecule has 1 aromatic rings. The lowest BCUT2D eigenvalue weighted by atomic mass is 9.96. The number of nitrogens with zero attached hydrogens (tertiary/aromatic N) is 1. The number of aromatic nitrogens is 1. The first-order valence-corrected chi connectivity index (χ1v) is 6.05. The van der Waals surface area contributed by atoms with Crippen molar-refractivity contribution in [2.24, 2.45) is 0 Å². The average molecular weight is 250 g/mol. The summed E-state index contributed by atoms with van der Waals surface area (Å²) in [7, 11) is 3.09. The van der Waals surface area contributed by atoms with Crippen molar-refractivity contribution in [2.45, 2.75) is 25.0 Å². The zero-order valence-corrected chi connectivity index (χ0v) is 10.7. The summed E-state index contributed by atoms with van der Waals surface area (Å²) >= 11 is 0. The first-order chi connectivity index (χ1) is 8.74. The van der Waals surface area contributed by atoms with E-state index in [2.05, 4.69) is 15.0 Å². The Morgan fingerprint density at radius 1 is 1.44 bits per heavy atom. The number of ether oxygens (including phenoxy) is 2. The van der Waals surface area contributed by atoms with Gasteiger partial charge in [-0.2, -0.15) is 0 Å². The van der Waals surface area contributed by atoms with Crippen molar-refractivity contribution in [3.8, 4) is 0 Å². The van der Waals surface area contributed by atoms with Gasteiger partial charge >= 0.3 is 5.97 Å². The molecule has 0 saturated carbocycles. The molecule has 98 valence electrons. The van der Waals surface area contributed by atoms with Gasteiger partial charge in [0.2, 0.25) is 0 Å². The van der Waals surface area contributed by atoms with Gasteiger partial charge in [-0.3, -0.25) is 0 Å². The summed E-state index contributed by atoms with van der Waals surface area (Å²) in [4.78, 5) is 15.4. The second-order valence-corrected chi connectivity index (χ2v) is 4.36. The Morgan fingerprint density at radius 2 is 2.28 bits per heavy atom. The van der Waals surface area contributed by atoms with E-state index in [1.54, 1.807) is 19.4 Å². The molecule has 1 saturated heterocycles. The molecular weight excluding hydrogens is 232 g/mol. The van der Waals surface area contributed by atoms with Gasteiger partial charge in [0.15, 0.2) is 0 Å². The zero-order valence-electron chi connectivity index (χ0n) is 10.7. The van der Waals surface area contributed by atoms with Crippen molar-refractivity contribution in [3.05, 3.63) is 29.6 Å². The maximum absolute atomic E-state index is 11.3. The number of piperidine rings is 1. The van der Waals surface area contributed by atoms with Crippen molar-refractivity contribution in [1.82, 2.24) is 10.3 Å². The van der Waals surface area contributed by atoms with E-state index >= 15 is 0 Å². The molecular formula is C13H18N2O3. The first-order valence-electron chi connectivity index (χ1n) is 6.05. The van der Waals surface area contributed by atoms with Crippen molar-refractivity contribution in [2.75, 3.05) is 20.8 Å². The molecule has 1 aliphatic heterocycles. The summed E-state index contributed by atoms with van der Waals surface area (Å²) in [6, 6.07) is 3.84. The highest BCUT2D eigenvalue weighted by molar-refractivity contribution is 5.86. The minimum atomic E-state index is -0.409. The molecule has 2 rings (SSSR count). The van der Waals surface area contributed by atoms with Crippen LogP contribution in [0.1, 0.15) is 34.9 Å². The van der Waals surface area contributed by atoms with Crippen molar-refractivity contribution < 1.29 is 14.3 Å². The maximum atomic E-state index is 11.3. The normalized spacial score (nSPS) is 23.7. The van der Waals surface area contributed by atoms with Crippen LogP contribution in [0.5, 0.6) is 0 Å². The summed E-state index contributed by atoms with van der Waals surface area (Å²) in [5, 5.41) is 3.43. The number of hydrogen-bond donors (Lipinski definition) is 1. The van der Waals surface area contributed by atoms with Crippen molar-refractivity contribution in [1.29, 1.82) is 0 Å². The van der Waals surface area contributed by atoms with Gasteiger partial charge in [-0.05, 0) is 31.0 Å². The third kappa shape index (κ3) is 2.86. The van der Waals surface area contributed by atoms with E-state index in [1.165, 1.54) is 7.11 Å². The number of carbonyl (C=O) groups excluding carboxylic acids is 1. The zero-order chi connectivity index (χ0) is 13.0. The molecule has 5 heteroatoms. The second-order valence-electron chi connectivity index (χ2n) is 4.36. The van der Waals surface area contributed by atoms with Gasteiger partial charge in [0.05, 0.1) is 13.2 Å². The lowest BCUT2D eigenvalue weighted by Gasteiger charge is -2.29. The summed E-state index contributed by atoms with van der Waals surface area (Å²) < 4.78 is 10.0. The van der Waals surface area contributed by atoms with Crippen molar-refractivity contribution in [3.63, 3.8) is 0 Å². The third-order valence-electron chi connectivity index (χ3n) is 3.27. The van der Waals surface area contributed by atoms with Crippen LogP contribution < -0.4 is 5.32 Å². The molecule has 0 bridgehead atoms. The quantitative estimate of drug-likeness (QED) is 0.819. The highest BCUT2D eigenvalue weighted by atomic mass is 16.5. The molecule has 1 aromatic heterocycles. The SMILES string of the molecule is COC(=O)c1ccc(C2CC(OC)CCN2)cn1. The fourth-order valence-electron chi connectivity index (χ4n) is 2.19. The summed E-state index contributed by atoms with van der Waals surface area (Å²) in [6.45, 7) is 0.932. The molecule has 18 heavy (non-hydrogen) atoms.